The molecule has 1 radical (unpaired) electrons. The molecule has 9 rings (SSSR count). The minimum atomic E-state index is -1.31. The Labute approximate surface area is 552 Å². The number of hydrogen-bond donors (Lipinski definition) is 15. The van der Waals surface area contributed by atoms with E-state index in [4.69, 9.17) is 0 Å². The Bertz CT molecular complexity index is 2470. The summed E-state index contributed by atoms with van der Waals surface area (Å²) in [4.78, 5) is 46.7. The number of aliphatic hydroxyl groups excluding tert-OH is 12. The fraction of sp³-hybridized carbons (Fsp3) is 0.577. The summed E-state index contributed by atoms with van der Waals surface area (Å²) in [7, 11) is 0. The van der Waals surface area contributed by atoms with Gasteiger partial charge in [-0.25, -0.2) is 14.4 Å². The molecule has 0 saturated carbocycles. The maximum Gasteiger partial charge on any atom is 1.00 e. The van der Waals surface area contributed by atoms with Crippen LogP contribution in [0.15, 0.2) is 58.7 Å². The van der Waals surface area contributed by atoms with E-state index in [2.05, 4.69) is 0 Å². The molecular formula is C52H63NaO18S12+. The minimum absolute atomic E-state index is 0. The molecule has 0 saturated heterocycles. The first kappa shape index (κ1) is 69.7. The van der Waals surface area contributed by atoms with E-state index in [0.29, 0.717) is 52.0 Å². The van der Waals surface area contributed by atoms with Crippen LogP contribution in [0.5, 0.6) is 0 Å². The van der Waals surface area contributed by atoms with Crippen LogP contribution >= 0.6 is 141 Å². The van der Waals surface area contributed by atoms with E-state index < -0.39 is 42.4 Å². The van der Waals surface area contributed by atoms with E-state index in [1.165, 1.54) is 141 Å². The number of carboxylic acid groups (broad SMARTS) is 3. The number of rotatable bonds is 30. The summed E-state index contributed by atoms with van der Waals surface area (Å²) >= 11 is 14.6. The van der Waals surface area contributed by atoms with Gasteiger partial charge in [0.2, 0.25) is 0 Å². The Kier molecular flexibility index (Phi) is 24.1. The largest absolute Gasteiger partial charge is 1.00 e. The van der Waals surface area contributed by atoms with Gasteiger partial charge in [-0.05, 0) is 93.7 Å². The van der Waals surface area contributed by atoms with Crippen LogP contribution in [-0.2, 0) is 0 Å². The summed E-state index contributed by atoms with van der Waals surface area (Å²) < 4.78 is -6.61. The molecule has 0 unspecified atom stereocenters. The molecule has 0 atom stereocenters. The second-order valence-corrected chi connectivity index (χ2v) is 38.1. The third-order valence-electron chi connectivity index (χ3n) is 14.7. The number of carboxylic acids is 3. The van der Waals surface area contributed by atoms with Gasteiger partial charge in [0.25, 0.3) is 0 Å². The average Bonchev–Trinajstić information content (AvgIpc) is 1.66. The van der Waals surface area contributed by atoms with Gasteiger partial charge in [-0.3, -0.25) is 0 Å². The SMILES string of the molecule is O=C(O)c1c2c(c([C](c3c4c(c(C(=O)O)c5c3SC(CCO)(CCO)S5)SC(CCO)(CCO)S4)c3c4c(c(C(=O)O)c5c3SC(CCO)(CCO)S5)SC(CCO)(CCO)S4)c3c1SC(CCO)(CCO)S3)SC(CCO)(CCO)S2.[Na+]. The van der Waals surface area contributed by atoms with Crippen LogP contribution in [0.25, 0.3) is 0 Å². The molecule has 18 nitrogen and oxygen atoms in total. The predicted octanol–water partition coefficient (Wildman–Crippen LogP) is 4.76. The van der Waals surface area contributed by atoms with Crippen molar-refractivity contribution < 1.29 is 121 Å². The zero-order valence-electron chi connectivity index (χ0n) is 44.8. The maximum atomic E-state index is 14.2. The monoisotopic (exact) mass is 1380 g/mol. The fourth-order valence-electron chi connectivity index (χ4n) is 11.2. The van der Waals surface area contributed by atoms with Gasteiger partial charge in [0.1, 0.15) is 0 Å². The van der Waals surface area contributed by atoms with Gasteiger partial charge in [0.05, 0.1) is 47.1 Å². The van der Waals surface area contributed by atoms with E-state index in [-0.39, 0.29) is 232 Å². The molecule has 3 aromatic rings. The van der Waals surface area contributed by atoms with Crippen molar-refractivity contribution in [2.24, 2.45) is 0 Å². The van der Waals surface area contributed by atoms with Crippen LogP contribution in [0.2, 0.25) is 0 Å². The van der Waals surface area contributed by atoms with E-state index in [0.717, 1.165) is 0 Å². The van der Waals surface area contributed by atoms with E-state index in [1.54, 1.807) is 0 Å². The standard InChI is InChI=1S/C52H63O18S12.Na/c53-13-1-47(2-14-54)71-32-26(33-39(29(44(65)66)38(32)77-47)78-48(72-33,3-15-55)4-16-56)25(27-34-40(79-49(73-34,5-17-57)6-18-58)30(45(67)68)41-35(27)74-50(80-41,7-19-59)8-20-60)28-36-42(81-51(75-36,9-21-61)10-22-62)31(46(69)70)43-37(28)76-52(82-43,11-23-63)12-24-64;/h53-64H,1-24H2,(H,65,66)(H,67,68)(H,69,70);/q;+1. The van der Waals surface area contributed by atoms with E-state index in [1.807, 2.05) is 0 Å². The molecule has 6 aliphatic heterocycles. The summed E-state index contributed by atoms with van der Waals surface area (Å²) in [5.74, 6) is -3.56. The van der Waals surface area contributed by atoms with Gasteiger partial charge in [-0.2, -0.15) is 0 Å². The fourth-order valence-corrected chi connectivity index (χ4v) is 32.1. The number of fused-ring (bicyclic) bond motifs is 6. The number of aliphatic hydroxyl groups is 12. The second kappa shape index (κ2) is 28.8. The smallest absolute Gasteiger partial charge is 0.478 e. The minimum Gasteiger partial charge on any atom is -0.478 e. The third kappa shape index (κ3) is 12.9. The molecule has 31 heteroatoms. The van der Waals surface area contributed by atoms with Crippen molar-refractivity contribution in [3.63, 3.8) is 0 Å². The normalized spacial score (nSPS) is 19.3. The van der Waals surface area contributed by atoms with Crippen molar-refractivity contribution >= 4 is 159 Å². The topological polar surface area (TPSA) is 355 Å². The van der Waals surface area contributed by atoms with Crippen LogP contribution in [0.4, 0.5) is 0 Å². The van der Waals surface area contributed by atoms with Crippen molar-refractivity contribution in [1.29, 1.82) is 0 Å². The van der Waals surface area contributed by atoms with Crippen molar-refractivity contribution in [2.75, 3.05) is 79.3 Å². The zero-order valence-corrected chi connectivity index (χ0v) is 56.6. The second-order valence-electron chi connectivity index (χ2n) is 19.9. The summed E-state index contributed by atoms with van der Waals surface area (Å²) in [6, 6.07) is 0. The van der Waals surface area contributed by atoms with Crippen LogP contribution in [-0.4, -0.2) is 198 Å². The molecule has 451 valence electrons. The molecular weight excluding hydrogens is 1320 g/mol. The average molecular weight is 1380 g/mol. The quantitative estimate of drug-likeness (QED) is 0.0316. The summed E-state index contributed by atoms with van der Waals surface area (Å²) in [6.07, 6.45) is 0.772. The van der Waals surface area contributed by atoms with Gasteiger partial charge < -0.3 is 76.6 Å². The molecule has 15 N–H and O–H groups in total. The first-order chi connectivity index (χ1) is 39.3. The summed E-state index contributed by atoms with van der Waals surface area (Å²) in [5, 5.41) is 165. The Morgan fingerprint density at radius 2 is 0.337 bits per heavy atom. The third-order valence-corrected chi connectivity index (χ3v) is 35.2. The molecule has 83 heavy (non-hydrogen) atoms. The number of aromatic carboxylic acids is 3. The van der Waals surface area contributed by atoms with Gasteiger partial charge in [0.15, 0.2) is 0 Å². The Morgan fingerprint density at radius 1 is 0.229 bits per heavy atom. The molecule has 0 fully saturated rings. The Morgan fingerprint density at radius 3 is 0.434 bits per heavy atom. The molecule has 0 bridgehead atoms. The number of benzene rings is 3. The molecule has 0 spiro atoms. The molecule has 6 aliphatic rings. The predicted molar refractivity (Wildman–Crippen MR) is 328 cm³/mol. The summed E-state index contributed by atoms with van der Waals surface area (Å²) in [5.41, 5.74) is 0.921. The van der Waals surface area contributed by atoms with Crippen molar-refractivity contribution in [3.05, 3.63) is 39.3 Å². The van der Waals surface area contributed by atoms with E-state index >= 15 is 0 Å². The van der Waals surface area contributed by atoms with Crippen molar-refractivity contribution in [2.45, 2.75) is 160 Å². The van der Waals surface area contributed by atoms with Crippen LogP contribution < -0.4 is 29.6 Å². The van der Waals surface area contributed by atoms with Gasteiger partial charge >= 0.3 is 47.5 Å². The molecule has 3 aromatic carbocycles. The Hall–Kier alpha value is 0.790. The Balaban J connectivity index is 0.00000900. The molecule has 6 heterocycles. The van der Waals surface area contributed by atoms with Crippen LogP contribution in [0.3, 0.4) is 0 Å². The molecule has 0 aromatic heterocycles. The van der Waals surface area contributed by atoms with Gasteiger partial charge in [0, 0.05) is 138 Å². The van der Waals surface area contributed by atoms with Crippen molar-refractivity contribution in [3.8, 4) is 0 Å². The summed E-state index contributed by atoms with van der Waals surface area (Å²) in [6.45, 7) is -4.43. The number of hydrogen-bond acceptors (Lipinski definition) is 27. The molecule has 0 amide bonds. The van der Waals surface area contributed by atoms with Crippen LogP contribution in [0.1, 0.15) is 125 Å². The first-order valence-corrected chi connectivity index (χ1v) is 36.0. The van der Waals surface area contributed by atoms with Gasteiger partial charge in [-0.15, -0.1) is 141 Å². The first-order valence-electron chi connectivity index (χ1n) is 26.2. The van der Waals surface area contributed by atoms with E-state index in [9.17, 15) is 91.0 Å². The maximum absolute atomic E-state index is 14.2. The number of thioether (sulfide) groups is 12. The zero-order chi connectivity index (χ0) is 59.2. The van der Waals surface area contributed by atoms with Gasteiger partial charge in [-0.1, -0.05) is 0 Å². The molecule has 0 aliphatic carbocycles. The number of carbonyl (C=O) groups is 3. The van der Waals surface area contributed by atoms with Crippen LogP contribution in [0, 0.1) is 5.92 Å². The van der Waals surface area contributed by atoms with Crippen molar-refractivity contribution in [1.82, 2.24) is 0 Å².